The Bertz CT molecular complexity index is 1350. The number of carbonyl (C=O) groups is 1. The van der Waals surface area contributed by atoms with Crippen LogP contribution in [0.25, 0.3) is 10.1 Å². The number of hydrogen-bond acceptors (Lipinski definition) is 8. The van der Waals surface area contributed by atoms with Crippen LogP contribution >= 0.6 is 11.3 Å². The summed E-state index contributed by atoms with van der Waals surface area (Å²) in [6.07, 6.45) is 5.94. The predicted molar refractivity (Wildman–Crippen MR) is 117 cm³/mol. The maximum Gasteiger partial charge on any atom is 0.309 e. The number of sulfonamides is 1. The Morgan fingerprint density at radius 1 is 1.19 bits per heavy atom. The standard InChI is InChI=1S/C21H20N4O5S2/c1-2-14-3-4-15-12-19(31-18(15)11-14)32(28,29)25-9-7-23(8-10-25)21(26)20-22-16-5-6-24(27)13-17(16)30-20/h1,3-4,11-12,27H,5-10,13H2. The zero-order chi connectivity index (χ0) is 22.5. The molecule has 0 atom stereocenters. The number of terminal acetylenes is 1. The van der Waals surface area contributed by atoms with Crippen LogP contribution < -0.4 is 0 Å². The normalized spacial score (nSPS) is 17.9. The van der Waals surface area contributed by atoms with Crippen molar-refractivity contribution in [2.24, 2.45) is 0 Å². The number of hydroxylamine groups is 2. The third-order valence-corrected chi connectivity index (χ3v) is 9.12. The number of oxazole rings is 1. The zero-order valence-corrected chi connectivity index (χ0v) is 18.7. The van der Waals surface area contributed by atoms with Crippen LogP contribution in [0.5, 0.6) is 0 Å². The summed E-state index contributed by atoms with van der Waals surface area (Å²) in [4.78, 5) is 18.6. The molecule has 0 radical (unpaired) electrons. The molecular weight excluding hydrogens is 452 g/mol. The summed E-state index contributed by atoms with van der Waals surface area (Å²) in [5.74, 6) is 2.66. The van der Waals surface area contributed by atoms with Crippen LogP contribution in [0, 0.1) is 12.3 Å². The van der Waals surface area contributed by atoms with E-state index >= 15 is 0 Å². The Labute approximate surface area is 188 Å². The minimum Gasteiger partial charge on any atom is -0.436 e. The Morgan fingerprint density at radius 3 is 2.72 bits per heavy atom. The molecule has 1 saturated heterocycles. The molecule has 1 amide bonds. The van der Waals surface area contributed by atoms with E-state index < -0.39 is 10.0 Å². The molecule has 2 aliphatic heterocycles. The van der Waals surface area contributed by atoms with E-state index in [2.05, 4.69) is 10.9 Å². The Kier molecular flexibility index (Phi) is 5.27. The molecule has 0 saturated carbocycles. The van der Waals surface area contributed by atoms with E-state index in [1.165, 1.54) is 15.6 Å². The van der Waals surface area contributed by atoms with Gasteiger partial charge in [0.15, 0.2) is 0 Å². The average Bonchev–Trinajstić information content (AvgIpc) is 3.42. The highest BCUT2D eigenvalue weighted by Crippen LogP contribution is 2.32. The van der Waals surface area contributed by atoms with Gasteiger partial charge >= 0.3 is 5.91 Å². The zero-order valence-electron chi connectivity index (χ0n) is 17.0. The molecule has 166 valence electrons. The molecule has 1 N–H and O–H groups in total. The van der Waals surface area contributed by atoms with Gasteiger partial charge in [0, 0.05) is 49.4 Å². The fourth-order valence-electron chi connectivity index (χ4n) is 3.89. The van der Waals surface area contributed by atoms with Crippen molar-refractivity contribution < 1.29 is 22.8 Å². The topological polar surface area (TPSA) is 107 Å². The van der Waals surface area contributed by atoms with E-state index in [9.17, 15) is 18.4 Å². The minimum absolute atomic E-state index is 0.0181. The van der Waals surface area contributed by atoms with E-state index in [1.807, 2.05) is 12.1 Å². The molecule has 3 aromatic rings. The van der Waals surface area contributed by atoms with Gasteiger partial charge in [0.2, 0.25) is 0 Å². The molecule has 1 aromatic carbocycles. The number of fused-ring (bicyclic) bond motifs is 2. The fourth-order valence-corrected chi connectivity index (χ4v) is 6.91. The largest absolute Gasteiger partial charge is 0.436 e. The highest BCUT2D eigenvalue weighted by atomic mass is 32.2. The van der Waals surface area contributed by atoms with E-state index in [0.717, 1.165) is 15.1 Å². The molecule has 0 aliphatic carbocycles. The minimum atomic E-state index is -3.68. The lowest BCUT2D eigenvalue weighted by atomic mass is 10.2. The average molecular weight is 473 g/mol. The Hall–Kier alpha value is -2.75. The molecule has 1 fully saturated rings. The van der Waals surface area contributed by atoms with Gasteiger partial charge in [-0.3, -0.25) is 4.79 Å². The van der Waals surface area contributed by atoms with Crippen LogP contribution in [-0.4, -0.2) is 71.5 Å². The van der Waals surface area contributed by atoms with Crippen molar-refractivity contribution in [1.82, 2.24) is 19.3 Å². The summed E-state index contributed by atoms with van der Waals surface area (Å²) in [7, 11) is -3.68. The van der Waals surface area contributed by atoms with Crippen molar-refractivity contribution in [2.45, 2.75) is 17.2 Å². The van der Waals surface area contributed by atoms with Gasteiger partial charge in [-0.15, -0.1) is 17.8 Å². The van der Waals surface area contributed by atoms with Gasteiger partial charge in [0.1, 0.15) is 9.97 Å². The van der Waals surface area contributed by atoms with Gasteiger partial charge < -0.3 is 14.5 Å². The number of benzene rings is 1. The van der Waals surface area contributed by atoms with E-state index in [0.29, 0.717) is 30.0 Å². The molecule has 2 aliphatic rings. The fraction of sp³-hybridized carbons (Fsp3) is 0.333. The van der Waals surface area contributed by atoms with Crippen molar-refractivity contribution in [3.05, 3.63) is 47.2 Å². The second-order valence-electron chi connectivity index (χ2n) is 7.69. The number of carbonyl (C=O) groups excluding carboxylic acids is 1. The van der Waals surface area contributed by atoms with Crippen LogP contribution in [0.1, 0.15) is 27.7 Å². The maximum atomic E-state index is 13.2. The number of thiophene rings is 1. The van der Waals surface area contributed by atoms with Gasteiger partial charge in [0.25, 0.3) is 15.9 Å². The Balaban J connectivity index is 1.29. The summed E-state index contributed by atoms with van der Waals surface area (Å²) in [5.41, 5.74) is 1.38. The maximum absolute atomic E-state index is 13.2. The SMILES string of the molecule is C#Cc1ccc2cc(S(=O)(=O)N3CCN(C(=O)c4nc5c(o4)CN(O)CC5)CC3)sc2c1. The number of piperazine rings is 1. The molecule has 0 unspecified atom stereocenters. The van der Waals surface area contributed by atoms with E-state index in [-0.39, 0.29) is 48.7 Å². The molecule has 32 heavy (non-hydrogen) atoms. The van der Waals surface area contributed by atoms with Gasteiger partial charge in [-0.1, -0.05) is 12.0 Å². The number of nitrogens with zero attached hydrogens (tertiary/aromatic N) is 4. The van der Waals surface area contributed by atoms with Gasteiger partial charge in [-0.05, 0) is 23.6 Å². The second kappa shape index (κ2) is 7.99. The van der Waals surface area contributed by atoms with E-state index in [1.54, 1.807) is 17.0 Å². The first kappa shape index (κ1) is 21.1. The monoisotopic (exact) mass is 472 g/mol. The molecular formula is C21H20N4O5S2. The summed E-state index contributed by atoms with van der Waals surface area (Å²) in [6.45, 7) is 1.48. The lowest BCUT2D eigenvalue weighted by Gasteiger charge is -2.32. The van der Waals surface area contributed by atoms with Gasteiger partial charge in [-0.2, -0.15) is 9.37 Å². The molecule has 11 heteroatoms. The number of amides is 1. The highest BCUT2D eigenvalue weighted by molar-refractivity contribution is 7.91. The third kappa shape index (κ3) is 3.70. The van der Waals surface area contributed by atoms with Crippen molar-refractivity contribution in [2.75, 3.05) is 32.7 Å². The molecule has 9 nitrogen and oxygen atoms in total. The molecule has 5 rings (SSSR count). The quantitative estimate of drug-likeness (QED) is 0.579. The molecule has 0 spiro atoms. The van der Waals surface area contributed by atoms with Gasteiger partial charge in [-0.25, -0.2) is 13.4 Å². The highest BCUT2D eigenvalue weighted by Gasteiger charge is 2.33. The smallest absolute Gasteiger partial charge is 0.309 e. The molecule has 2 aromatic heterocycles. The predicted octanol–water partition coefficient (Wildman–Crippen LogP) is 1.76. The summed E-state index contributed by atoms with van der Waals surface area (Å²) < 4.78 is 34.3. The van der Waals surface area contributed by atoms with Crippen LogP contribution in [-0.2, 0) is 23.0 Å². The lowest BCUT2D eigenvalue weighted by Crippen LogP contribution is -2.50. The first-order valence-electron chi connectivity index (χ1n) is 10.1. The van der Waals surface area contributed by atoms with Gasteiger partial charge in [0.05, 0.1) is 12.2 Å². The van der Waals surface area contributed by atoms with Crippen LogP contribution in [0.3, 0.4) is 0 Å². The van der Waals surface area contributed by atoms with Crippen molar-refractivity contribution >= 4 is 37.4 Å². The first-order chi connectivity index (χ1) is 15.3. The van der Waals surface area contributed by atoms with Crippen molar-refractivity contribution in [3.8, 4) is 12.3 Å². The number of aromatic nitrogens is 1. The van der Waals surface area contributed by atoms with Crippen LogP contribution in [0.2, 0.25) is 0 Å². The third-order valence-electron chi connectivity index (χ3n) is 5.68. The van der Waals surface area contributed by atoms with Crippen molar-refractivity contribution in [3.63, 3.8) is 0 Å². The summed E-state index contributed by atoms with van der Waals surface area (Å²) in [6, 6.07) is 7.08. The summed E-state index contributed by atoms with van der Waals surface area (Å²) >= 11 is 1.19. The molecule has 0 bridgehead atoms. The summed E-state index contributed by atoms with van der Waals surface area (Å²) in [5, 5.41) is 11.6. The van der Waals surface area contributed by atoms with Crippen LogP contribution in [0.15, 0.2) is 32.9 Å². The first-order valence-corrected chi connectivity index (χ1v) is 12.3. The molecule has 4 heterocycles. The van der Waals surface area contributed by atoms with Crippen LogP contribution in [0.4, 0.5) is 0 Å². The second-order valence-corrected chi connectivity index (χ2v) is 10.9. The lowest BCUT2D eigenvalue weighted by molar-refractivity contribution is -0.108. The number of hydrogen-bond donors (Lipinski definition) is 1. The van der Waals surface area contributed by atoms with Crippen molar-refractivity contribution in [1.29, 1.82) is 0 Å². The number of rotatable bonds is 3. The Morgan fingerprint density at radius 2 is 1.97 bits per heavy atom. The van der Waals surface area contributed by atoms with E-state index in [4.69, 9.17) is 10.8 Å².